The van der Waals surface area contributed by atoms with Gasteiger partial charge >= 0.3 is 0 Å². The van der Waals surface area contributed by atoms with Crippen molar-refractivity contribution in [3.63, 3.8) is 0 Å². The van der Waals surface area contributed by atoms with Crippen molar-refractivity contribution < 1.29 is 4.79 Å². The van der Waals surface area contributed by atoms with Crippen molar-refractivity contribution in [2.45, 2.75) is 0 Å². The van der Waals surface area contributed by atoms with Gasteiger partial charge in [-0.1, -0.05) is 30.3 Å². The molecule has 1 amide bonds. The lowest BCUT2D eigenvalue weighted by molar-refractivity contribution is -0.126. The summed E-state index contributed by atoms with van der Waals surface area (Å²) < 4.78 is 0. The molecular weight excluding hydrogens is 302 g/mol. The van der Waals surface area contributed by atoms with E-state index in [0.29, 0.717) is 32.1 Å². The van der Waals surface area contributed by atoms with Crippen LogP contribution in [-0.4, -0.2) is 47.0 Å². The van der Waals surface area contributed by atoms with Crippen molar-refractivity contribution >= 4 is 17.9 Å². The highest BCUT2D eigenvalue weighted by molar-refractivity contribution is 6.01. The molecule has 0 aliphatic carbocycles. The molecule has 1 saturated heterocycles. The number of piperazine rings is 1. The van der Waals surface area contributed by atoms with Crippen molar-refractivity contribution in [3.05, 3.63) is 59.9 Å². The first kappa shape index (κ1) is 15.7. The average molecular weight is 319 g/mol. The van der Waals surface area contributed by atoms with Crippen LogP contribution in [0.1, 0.15) is 5.56 Å². The van der Waals surface area contributed by atoms with Crippen LogP contribution < -0.4 is 4.90 Å². The van der Waals surface area contributed by atoms with Gasteiger partial charge in [0, 0.05) is 38.6 Å². The van der Waals surface area contributed by atoms with Crippen LogP contribution in [0.4, 0.5) is 5.95 Å². The van der Waals surface area contributed by atoms with Gasteiger partial charge in [0.15, 0.2) is 0 Å². The molecule has 0 atom stereocenters. The number of nitrogens with zero attached hydrogens (tertiary/aromatic N) is 5. The number of benzene rings is 1. The van der Waals surface area contributed by atoms with Gasteiger partial charge < -0.3 is 9.80 Å². The summed E-state index contributed by atoms with van der Waals surface area (Å²) in [6.07, 6.45) is 5.04. The van der Waals surface area contributed by atoms with Gasteiger partial charge in [0.25, 0.3) is 5.91 Å². The molecule has 1 aromatic carbocycles. The van der Waals surface area contributed by atoms with E-state index in [1.807, 2.05) is 41.3 Å². The molecule has 1 aliphatic heterocycles. The van der Waals surface area contributed by atoms with E-state index in [1.54, 1.807) is 29.4 Å². The Labute approximate surface area is 140 Å². The fourth-order valence-electron chi connectivity index (χ4n) is 2.59. The lowest BCUT2D eigenvalue weighted by atomic mass is 10.1. The highest BCUT2D eigenvalue weighted by Crippen LogP contribution is 2.13. The molecule has 6 heteroatoms. The fourth-order valence-corrected chi connectivity index (χ4v) is 2.59. The number of carbonyl (C=O) groups is 1. The number of nitriles is 1. The molecule has 0 bridgehead atoms. The van der Waals surface area contributed by atoms with Crippen LogP contribution in [0, 0.1) is 11.3 Å². The van der Waals surface area contributed by atoms with Gasteiger partial charge in [0.2, 0.25) is 5.95 Å². The molecule has 2 heterocycles. The second kappa shape index (κ2) is 7.38. The largest absolute Gasteiger partial charge is 0.337 e. The molecule has 3 rings (SSSR count). The Morgan fingerprint density at radius 3 is 2.33 bits per heavy atom. The summed E-state index contributed by atoms with van der Waals surface area (Å²) in [4.78, 5) is 24.8. The molecule has 120 valence electrons. The van der Waals surface area contributed by atoms with E-state index in [0.717, 1.165) is 5.56 Å². The van der Waals surface area contributed by atoms with Crippen LogP contribution in [-0.2, 0) is 4.79 Å². The van der Waals surface area contributed by atoms with Gasteiger partial charge in [-0.3, -0.25) is 4.79 Å². The van der Waals surface area contributed by atoms with Crippen LogP contribution in [0.3, 0.4) is 0 Å². The third-order valence-electron chi connectivity index (χ3n) is 3.86. The summed E-state index contributed by atoms with van der Waals surface area (Å²) in [5.74, 6) is 0.444. The first-order chi connectivity index (χ1) is 11.8. The van der Waals surface area contributed by atoms with Crippen LogP contribution in [0.15, 0.2) is 54.4 Å². The smallest absolute Gasteiger partial charge is 0.264 e. The molecule has 0 saturated carbocycles. The number of carbonyl (C=O) groups excluding carboxylic acids is 1. The van der Waals surface area contributed by atoms with Gasteiger partial charge in [0.1, 0.15) is 11.6 Å². The number of hydrogen-bond donors (Lipinski definition) is 0. The summed E-state index contributed by atoms with van der Waals surface area (Å²) >= 11 is 0. The van der Waals surface area contributed by atoms with E-state index < -0.39 is 0 Å². The zero-order valence-corrected chi connectivity index (χ0v) is 13.2. The van der Waals surface area contributed by atoms with Gasteiger partial charge in [-0.25, -0.2) is 9.97 Å². The number of anilines is 1. The Kier molecular flexibility index (Phi) is 4.82. The molecular formula is C18H17N5O. The molecule has 0 N–H and O–H groups in total. The predicted octanol–water partition coefficient (Wildman–Crippen LogP) is 1.73. The maximum atomic E-state index is 12.6. The summed E-state index contributed by atoms with van der Waals surface area (Å²) in [5, 5.41) is 9.32. The Morgan fingerprint density at radius 2 is 1.71 bits per heavy atom. The van der Waals surface area contributed by atoms with E-state index >= 15 is 0 Å². The van der Waals surface area contributed by atoms with Gasteiger partial charge in [-0.15, -0.1) is 0 Å². The number of hydrogen-bond acceptors (Lipinski definition) is 5. The van der Waals surface area contributed by atoms with Crippen molar-refractivity contribution in [2.24, 2.45) is 0 Å². The zero-order valence-electron chi connectivity index (χ0n) is 13.2. The average Bonchev–Trinajstić information content (AvgIpc) is 2.67. The standard InChI is InChI=1S/C18H17N5O/c19-14-16(13-15-5-2-1-3-6-15)17(24)22-9-11-23(12-10-22)18-20-7-4-8-21-18/h1-8,13H,9-12H2. The maximum absolute atomic E-state index is 12.6. The summed E-state index contributed by atoms with van der Waals surface area (Å²) in [7, 11) is 0. The number of rotatable bonds is 3. The second-order valence-corrected chi connectivity index (χ2v) is 5.41. The highest BCUT2D eigenvalue weighted by Gasteiger charge is 2.24. The highest BCUT2D eigenvalue weighted by atomic mass is 16.2. The van der Waals surface area contributed by atoms with Crippen LogP contribution in [0.25, 0.3) is 6.08 Å². The van der Waals surface area contributed by atoms with Crippen molar-refractivity contribution in [1.29, 1.82) is 5.26 Å². The van der Waals surface area contributed by atoms with Crippen LogP contribution >= 0.6 is 0 Å². The first-order valence-corrected chi connectivity index (χ1v) is 7.76. The van der Waals surface area contributed by atoms with Gasteiger partial charge in [-0.05, 0) is 17.7 Å². The SMILES string of the molecule is N#CC(=Cc1ccccc1)C(=O)N1CCN(c2ncccn2)CC1. The molecule has 0 unspecified atom stereocenters. The summed E-state index contributed by atoms with van der Waals surface area (Å²) in [6, 6.07) is 13.2. The molecule has 24 heavy (non-hydrogen) atoms. The minimum absolute atomic E-state index is 0.158. The molecule has 0 radical (unpaired) electrons. The van der Waals surface area contributed by atoms with E-state index in [4.69, 9.17) is 0 Å². The quantitative estimate of drug-likeness (QED) is 0.636. The summed E-state index contributed by atoms with van der Waals surface area (Å²) in [5.41, 5.74) is 1.00. The normalized spacial score (nSPS) is 15.0. The Morgan fingerprint density at radius 1 is 1.04 bits per heavy atom. The van der Waals surface area contributed by atoms with Gasteiger partial charge in [-0.2, -0.15) is 5.26 Å². The molecule has 1 fully saturated rings. The fraction of sp³-hybridized carbons (Fsp3) is 0.222. The minimum Gasteiger partial charge on any atom is -0.337 e. The third-order valence-corrected chi connectivity index (χ3v) is 3.86. The van der Waals surface area contributed by atoms with Gasteiger partial charge in [0.05, 0.1) is 0 Å². The van der Waals surface area contributed by atoms with E-state index in [2.05, 4.69) is 9.97 Å². The third kappa shape index (κ3) is 3.58. The van der Waals surface area contributed by atoms with E-state index in [1.165, 1.54) is 0 Å². The lowest BCUT2D eigenvalue weighted by Gasteiger charge is -2.34. The number of aromatic nitrogens is 2. The van der Waals surface area contributed by atoms with Crippen LogP contribution in [0.2, 0.25) is 0 Å². The molecule has 1 aliphatic rings. The molecule has 2 aromatic rings. The second-order valence-electron chi connectivity index (χ2n) is 5.41. The van der Waals surface area contributed by atoms with Crippen molar-refractivity contribution in [2.75, 3.05) is 31.1 Å². The zero-order chi connectivity index (χ0) is 16.8. The summed E-state index contributed by atoms with van der Waals surface area (Å²) in [6.45, 7) is 2.40. The molecule has 0 spiro atoms. The molecule has 6 nitrogen and oxygen atoms in total. The molecule has 1 aromatic heterocycles. The topological polar surface area (TPSA) is 73.1 Å². The van der Waals surface area contributed by atoms with E-state index in [-0.39, 0.29) is 11.5 Å². The van der Waals surface area contributed by atoms with Crippen molar-refractivity contribution in [1.82, 2.24) is 14.9 Å². The maximum Gasteiger partial charge on any atom is 0.264 e. The predicted molar refractivity (Wildman–Crippen MR) is 90.9 cm³/mol. The van der Waals surface area contributed by atoms with Crippen LogP contribution in [0.5, 0.6) is 0 Å². The van der Waals surface area contributed by atoms with Crippen molar-refractivity contribution in [3.8, 4) is 6.07 Å². The Balaban J connectivity index is 1.66. The lowest BCUT2D eigenvalue weighted by Crippen LogP contribution is -2.49. The minimum atomic E-state index is -0.227. The Hall–Kier alpha value is -3.20. The van der Waals surface area contributed by atoms with E-state index in [9.17, 15) is 10.1 Å². The number of amides is 1. The first-order valence-electron chi connectivity index (χ1n) is 7.76. The Bertz CT molecular complexity index is 759. The monoisotopic (exact) mass is 319 g/mol.